The van der Waals surface area contributed by atoms with Gasteiger partial charge in [0.2, 0.25) is 5.91 Å². The van der Waals surface area contributed by atoms with Crippen LogP contribution in [-0.2, 0) is 27.4 Å². The molecule has 2 aromatic rings. The van der Waals surface area contributed by atoms with Crippen molar-refractivity contribution in [3.63, 3.8) is 0 Å². The molecule has 2 heterocycles. The molecule has 27 heavy (non-hydrogen) atoms. The van der Waals surface area contributed by atoms with Gasteiger partial charge < -0.3 is 14.4 Å². The molecule has 3 rings (SSSR count). The van der Waals surface area contributed by atoms with Crippen LogP contribution in [0, 0.1) is 0 Å². The van der Waals surface area contributed by atoms with Crippen molar-refractivity contribution in [1.82, 2.24) is 9.88 Å². The van der Waals surface area contributed by atoms with Crippen molar-refractivity contribution in [3.8, 4) is 5.75 Å². The standard InChI is InChI=1S/C18H18ClFN2O4S/c1-25-18(24)15-6-12(20)8-22(15)17(23)7-13-10-27-16(21-13)9-26-14-4-2-11(19)3-5-14/h2-5,10,12,15H,6-9H2,1H3/t12-,15-/m0/s1. The zero-order valence-electron chi connectivity index (χ0n) is 14.6. The van der Waals surface area contributed by atoms with Crippen molar-refractivity contribution >= 4 is 34.8 Å². The Morgan fingerprint density at radius 3 is 2.81 bits per heavy atom. The number of ether oxygens (including phenoxy) is 2. The third-order valence-corrected chi connectivity index (χ3v) is 5.27. The van der Waals surface area contributed by atoms with Gasteiger partial charge in [-0.2, -0.15) is 0 Å². The molecule has 2 atom stereocenters. The van der Waals surface area contributed by atoms with Gasteiger partial charge in [-0.25, -0.2) is 14.2 Å². The summed E-state index contributed by atoms with van der Waals surface area (Å²) in [5, 5.41) is 3.09. The Morgan fingerprint density at radius 1 is 1.37 bits per heavy atom. The Bertz CT molecular complexity index is 814. The van der Waals surface area contributed by atoms with E-state index in [9.17, 15) is 14.0 Å². The van der Waals surface area contributed by atoms with E-state index in [2.05, 4.69) is 9.72 Å². The van der Waals surface area contributed by atoms with Gasteiger partial charge in [-0.15, -0.1) is 11.3 Å². The minimum atomic E-state index is -1.23. The third kappa shape index (κ3) is 4.95. The van der Waals surface area contributed by atoms with Crippen molar-refractivity contribution in [2.45, 2.75) is 31.7 Å². The van der Waals surface area contributed by atoms with Gasteiger partial charge in [0.15, 0.2) is 0 Å². The number of halogens is 2. The van der Waals surface area contributed by atoms with Gasteiger partial charge >= 0.3 is 5.97 Å². The average Bonchev–Trinajstić information content (AvgIpc) is 3.27. The summed E-state index contributed by atoms with van der Waals surface area (Å²) in [6.07, 6.45) is -1.26. The summed E-state index contributed by atoms with van der Waals surface area (Å²) >= 11 is 7.20. The lowest BCUT2D eigenvalue weighted by Gasteiger charge is -2.21. The fraction of sp³-hybridized carbons (Fsp3) is 0.389. The molecule has 0 radical (unpaired) electrons. The first-order valence-corrected chi connectivity index (χ1v) is 9.55. The minimum absolute atomic E-state index is 0.00232. The van der Waals surface area contributed by atoms with E-state index in [4.69, 9.17) is 16.3 Å². The Kier molecular flexibility index (Phi) is 6.28. The number of rotatable bonds is 6. The molecule has 0 bridgehead atoms. The van der Waals surface area contributed by atoms with Crippen molar-refractivity contribution in [2.75, 3.05) is 13.7 Å². The molecule has 1 saturated heterocycles. The molecule has 0 spiro atoms. The molecule has 0 unspecified atom stereocenters. The zero-order valence-corrected chi connectivity index (χ0v) is 16.1. The summed E-state index contributed by atoms with van der Waals surface area (Å²) in [6.45, 7) is 0.164. The molecule has 6 nitrogen and oxygen atoms in total. The second-order valence-corrected chi connectivity index (χ2v) is 7.45. The first-order chi connectivity index (χ1) is 13.0. The largest absolute Gasteiger partial charge is 0.486 e. The quantitative estimate of drug-likeness (QED) is 0.682. The summed E-state index contributed by atoms with van der Waals surface area (Å²) in [5.41, 5.74) is 0.561. The molecule has 1 aromatic heterocycles. The normalized spacial score (nSPS) is 19.1. The van der Waals surface area contributed by atoms with Crippen LogP contribution in [0.4, 0.5) is 4.39 Å². The average molecular weight is 413 g/mol. The molecule has 0 aliphatic carbocycles. The van der Waals surface area contributed by atoms with Crippen LogP contribution in [0.25, 0.3) is 0 Å². The van der Waals surface area contributed by atoms with Crippen LogP contribution in [0.2, 0.25) is 5.02 Å². The van der Waals surface area contributed by atoms with Gasteiger partial charge in [-0.1, -0.05) is 11.6 Å². The number of hydrogen-bond donors (Lipinski definition) is 0. The second kappa shape index (κ2) is 8.67. The van der Waals surface area contributed by atoms with Gasteiger partial charge in [-0.3, -0.25) is 4.79 Å². The predicted molar refractivity (Wildman–Crippen MR) is 98.6 cm³/mol. The van der Waals surface area contributed by atoms with E-state index < -0.39 is 18.2 Å². The fourth-order valence-electron chi connectivity index (χ4n) is 2.85. The number of thiazole rings is 1. The van der Waals surface area contributed by atoms with Gasteiger partial charge in [0.25, 0.3) is 0 Å². The Labute approximate surface area is 164 Å². The maximum Gasteiger partial charge on any atom is 0.328 e. The van der Waals surface area contributed by atoms with Crippen LogP contribution < -0.4 is 4.74 Å². The van der Waals surface area contributed by atoms with Crippen LogP contribution in [0.1, 0.15) is 17.1 Å². The minimum Gasteiger partial charge on any atom is -0.486 e. The van der Waals surface area contributed by atoms with E-state index >= 15 is 0 Å². The zero-order chi connectivity index (χ0) is 19.4. The highest BCUT2D eigenvalue weighted by Crippen LogP contribution is 2.23. The maximum absolute atomic E-state index is 13.7. The summed E-state index contributed by atoms with van der Waals surface area (Å²) in [4.78, 5) is 29.8. The topological polar surface area (TPSA) is 68.7 Å². The van der Waals surface area contributed by atoms with Crippen molar-refractivity contribution in [2.24, 2.45) is 0 Å². The Hall–Kier alpha value is -2.19. The molecule has 9 heteroatoms. The summed E-state index contributed by atoms with van der Waals surface area (Å²) < 4.78 is 24.0. The molecular weight excluding hydrogens is 395 g/mol. The lowest BCUT2D eigenvalue weighted by Crippen LogP contribution is -2.42. The molecule has 1 aromatic carbocycles. The highest BCUT2D eigenvalue weighted by atomic mass is 35.5. The molecule has 1 aliphatic heterocycles. The maximum atomic E-state index is 13.7. The molecule has 0 N–H and O–H groups in total. The summed E-state index contributed by atoms with van der Waals surface area (Å²) in [6, 6.07) is 6.11. The fourth-order valence-corrected chi connectivity index (χ4v) is 3.68. The van der Waals surface area contributed by atoms with Crippen molar-refractivity contribution < 1.29 is 23.5 Å². The van der Waals surface area contributed by atoms with Gasteiger partial charge in [0.1, 0.15) is 29.6 Å². The SMILES string of the molecule is COC(=O)[C@@H]1C[C@H](F)CN1C(=O)Cc1csc(COc2ccc(Cl)cc2)n1. The number of carbonyl (C=O) groups is 2. The van der Waals surface area contributed by atoms with E-state index in [1.54, 1.807) is 29.6 Å². The van der Waals surface area contributed by atoms with Crippen LogP contribution >= 0.6 is 22.9 Å². The number of hydrogen-bond acceptors (Lipinski definition) is 6. The lowest BCUT2D eigenvalue weighted by molar-refractivity contribution is -0.150. The highest BCUT2D eigenvalue weighted by Gasteiger charge is 2.40. The lowest BCUT2D eigenvalue weighted by atomic mass is 10.2. The Balaban J connectivity index is 1.57. The predicted octanol–water partition coefficient (Wildman–Crippen LogP) is 3.03. The van der Waals surface area contributed by atoms with Crippen molar-refractivity contribution in [1.29, 1.82) is 0 Å². The molecule has 144 valence electrons. The summed E-state index contributed by atoms with van der Waals surface area (Å²) in [5.74, 6) is -0.279. The first-order valence-electron chi connectivity index (χ1n) is 8.29. The van der Waals surface area contributed by atoms with Crippen LogP contribution in [-0.4, -0.2) is 47.6 Å². The monoisotopic (exact) mass is 412 g/mol. The number of amides is 1. The number of methoxy groups -OCH3 is 1. The number of esters is 1. The number of aromatic nitrogens is 1. The van der Waals surface area contributed by atoms with Crippen LogP contribution in [0.3, 0.4) is 0 Å². The van der Waals surface area contributed by atoms with E-state index in [0.717, 1.165) is 0 Å². The second-order valence-electron chi connectivity index (χ2n) is 6.07. The smallest absolute Gasteiger partial charge is 0.328 e. The summed E-state index contributed by atoms with van der Waals surface area (Å²) in [7, 11) is 1.23. The van der Waals surface area contributed by atoms with Crippen LogP contribution in [0.5, 0.6) is 5.75 Å². The van der Waals surface area contributed by atoms with Gasteiger partial charge in [0.05, 0.1) is 25.8 Å². The van der Waals surface area contributed by atoms with Crippen LogP contribution in [0.15, 0.2) is 29.6 Å². The van der Waals surface area contributed by atoms with Crippen molar-refractivity contribution in [3.05, 3.63) is 45.4 Å². The highest BCUT2D eigenvalue weighted by molar-refractivity contribution is 7.09. The van der Waals surface area contributed by atoms with E-state index in [-0.39, 0.29) is 31.9 Å². The number of alkyl halides is 1. The number of benzene rings is 1. The number of likely N-dealkylation sites (tertiary alicyclic amines) is 1. The molecule has 1 aliphatic rings. The molecule has 0 saturated carbocycles. The number of carbonyl (C=O) groups excluding carboxylic acids is 2. The van der Waals surface area contributed by atoms with E-state index in [1.807, 2.05) is 0 Å². The Morgan fingerprint density at radius 2 is 2.11 bits per heavy atom. The molecule has 1 amide bonds. The first kappa shape index (κ1) is 19.6. The van der Waals surface area contributed by atoms with E-state index in [1.165, 1.54) is 23.3 Å². The van der Waals surface area contributed by atoms with Gasteiger partial charge in [-0.05, 0) is 24.3 Å². The molecular formula is C18H18ClFN2O4S. The number of nitrogens with zero attached hydrogens (tertiary/aromatic N) is 2. The van der Waals surface area contributed by atoms with Gasteiger partial charge in [0, 0.05) is 16.8 Å². The molecule has 1 fully saturated rings. The van der Waals surface area contributed by atoms with E-state index in [0.29, 0.717) is 21.5 Å². The third-order valence-electron chi connectivity index (χ3n) is 4.15.